The summed E-state index contributed by atoms with van der Waals surface area (Å²) in [5.41, 5.74) is 10.1. The van der Waals surface area contributed by atoms with Crippen molar-refractivity contribution in [3.63, 3.8) is 0 Å². The third-order valence-electron chi connectivity index (χ3n) is 2.97. The Morgan fingerprint density at radius 2 is 2.12 bits per heavy atom. The Labute approximate surface area is 106 Å². The fraction of sp³-hybridized carbons (Fsp3) is 0.308. The Morgan fingerprint density at radius 1 is 1.35 bits per heavy atom. The Balaban J connectivity index is 2.56. The van der Waals surface area contributed by atoms with Gasteiger partial charge in [0, 0.05) is 10.7 Å². The summed E-state index contributed by atoms with van der Waals surface area (Å²) in [4.78, 5) is 4.31. The molecule has 0 fully saturated rings. The molecular formula is C13H16ClN3. The zero-order valence-corrected chi connectivity index (χ0v) is 10.8. The number of nitrogens with zero attached hydrogens (tertiary/aromatic N) is 2. The number of imidazole rings is 1. The quantitative estimate of drug-likeness (QED) is 0.909. The number of nitrogens with two attached hydrogens (primary N) is 1. The number of hydrogen-bond donors (Lipinski definition) is 1. The molecule has 90 valence electrons. The molecule has 0 amide bonds. The van der Waals surface area contributed by atoms with Crippen LogP contribution in [0.3, 0.4) is 0 Å². The van der Waals surface area contributed by atoms with Gasteiger partial charge in [-0.05, 0) is 44.5 Å². The van der Waals surface area contributed by atoms with Crippen molar-refractivity contribution in [3.8, 4) is 5.69 Å². The van der Waals surface area contributed by atoms with Gasteiger partial charge in [0.05, 0.1) is 17.7 Å². The van der Waals surface area contributed by atoms with Gasteiger partial charge in [-0.2, -0.15) is 0 Å². The van der Waals surface area contributed by atoms with Crippen LogP contribution in [-0.4, -0.2) is 16.1 Å². The van der Waals surface area contributed by atoms with Crippen molar-refractivity contribution in [2.24, 2.45) is 5.73 Å². The van der Waals surface area contributed by atoms with Crippen LogP contribution in [0.5, 0.6) is 0 Å². The molecule has 0 radical (unpaired) electrons. The molecule has 4 heteroatoms. The highest BCUT2D eigenvalue weighted by atomic mass is 35.5. The van der Waals surface area contributed by atoms with Gasteiger partial charge in [-0.25, -0.2) is 4.98 Å². The standard InChI is InChI=1S/C13H16ClN3/c1-9-10(2)17(8-16-9)13-7-12(14)4-3-11(13)5-6-15/h3-4,7-8H,5-6,15H2,1-2H3. The summed E-state index contributed by atoms with van der Waals surface area (Å²) in [7, 11) is 0. The van der Waals surface area contributed by atoms with E-state index in [1.165, 1.54) is 5.56 Å². The first-order valence-corrected chi connectivity index (χ1v) is 6.00. The van der Waals surface area contributed by atoms with E-state index in [2.05, 4.69) is 16.5 Å². The first-order chi connectivity index (χ1) is 8.13. The van der Waals surface area contributed by atoms with E-state index < -0.39 is 0 Å². The molecule has 2 rings (SSSR count). The van der Waals surface area contributed by atoms with Gasteiger partial charge in [-0.3, -0.25) is 0 Å². The summed E-state index contributed by atoms with van der Waals surface area (Å²) in [6.07, 6.45) is 2.67. The highest BCUT2D eigenvalue weighted by molar-refractivity contribution is 6.30. The molecule has 0 saturated carbocycles. The van der Waals surface area contributed by atoms with E-state index in [4.69, 9.17) is 17.3 Å². The number of rotatable bonds is 3. The van der Waals surface area contributed by atoms with Crippen molar-refractivity contribution in [1.82, 2.24) is 9.55 Å². The maximum atomic E-state index is 6.06. The Kier molecular flexibility index (Phi) is 3.50. The summed E-state index contributed by atoms with van der Waals surface area (Å²) in [6, 6.07) is 5.88. The van der Waals surface area contributed by atoms with Crippen molar-refractivity contribution < 1.29 is 0 Å². The predicted molar refractivity (Wildman–Crippen MR) is 70.8 cm³/mol. The SMILES string of the molecule is Cc1ncn(-c2cc(Cl)ccc2CCN)c1C. The molecule has 0 atom stereocenters. The molecular weight excluding hydrogens is 234 g/mol. The minimum absolute atomic E-state index is 0.626. The second kappa shape index (κ2) is 4.90. The van der Waals surface area contributed by atoms with E-state index in [1.54, 1.807) is 0 Å². The van der Waals surface area contributed by atoms with Gasteiger partial charge in [0.1, 0.15) is 0 Å². The lowest BCUT2D eigenvalue weighted by atomic mass is 10.1. The molecule has 0 unspecified atom stereocenters. The summed E-state index contributed by atoms with van der Waals surface area (Å²) in [5.74, 6) is 0. The number of aryl methyl sites for hydroxylation is 1. The molecule has 0 saturated heterocycles. The largest absolute Gasteiger partial charge is 0.330 e. The zero-order valence-electron chi connectivity index (χ0n) is 10.1. The van der Waals surface area contributed by atoms with Crippen molar-refractivity contribution in [2.75, 3.05) is 6.54 Å². The third-order valence-corrected chi connectivity index (χ3v) is 3.21. The number of hydrogen-bond acceptors (Lipinski definition) is 2. The normalized spacial score (nSPS) is 10.8. The fourth-order valence-corrected chi connectivity index (χ4v) is 2.04. The maximum absolute atomic E-state index is 6.06. The van der Waals surface area contributed by atoms with Crippen LogP contribution in [0.4, 0.5) is 0 Å². The van der Waals surface area contributed by atoms with E-state index in [-0.39, 0.29) is 0 Å². The van der Waals surface area contributed by atoms with Crippen LogP contribution in [0.2, 0.25) is 5.02 Å². The molecule has 0 aliphatic rings. The van der Waals surface area contributed by atoms with Crippen molar-refractivity contribution >= 4 is 11.6 Å². The average molecular weight is 250 g/mol. The molecule has 0 bridgehead atoms. The summed E-state index contributed by atoms with van der Waals surface area (Å²) >= 11 is 6.06. The van der Waals surface area contributed by atoms with E-state index in [1.807, 2.05) is 31.5 Å². The molecule has 17 heavy (non-hydrogen) atoms. The van der Waals surface area contributed by atoms with Crippen LogP contribution in [-0.2, 0) is 6.42 Å². The zero-order chi connectivity index (χ0) is 12.4. The van der Waals surface area contributed by atoms with E-state index in [0.29, 0.717) is 6.54 Å². The minimum Gasteiger partial charge on any atom is -0.330 e. The molecule has 0 spiro atoms. The van der Waals surface area contributed by atoms with Crippen LogP contribution in [0, 0.1) is 13.8 Å². The summed E-state index contributed by atoms with van der Waals surface area (Å²) in [5, 5.41) is 0.728. The monoisotopic (exact) mass is 249 g/mol. The second-order valence-electron chi connectivity index (χ2n) is 4.10. The van der Waals surface area contributed by atoms with Crippen LogP contribution in [0.1, 0.15) is 17.0 Å². The lowest BCUT2D eigenvalue weighted by Gasteiger charge is -2.12. The van der Waals surface area contributed by atoms with Crippen LogP contribution >= 0.6 is 11.6 Å². The van der Waals surface area contributed by atoms with Gasteiger partial charge in [-0.15, -0.1) is 0 Å². The van der Waals surface area contributed by atoms with Gasteiger partial charge in [0.2, 0.25) is 0 Å². The lowest BCUT2D eigenvalue weighted by Crippen LogP contribution is -2.07. The lowest BCUT2D eigenvalue weighted by molar-refractivity contribution is 0.920. The second-order valence-corrected chi connectivity index (χ2v) is 4.53. The number of halogens is 1. The van der Waals surface area contributed by atoms with E-state index >= 15 is 0 Å². The van der Waals surface area contributed by atoms with Crippen molar-refractivity contribution in [1.29, 1.82) is 0 Å². The van der Waals surface area contributed by atoms with Gasteiger partial charge >= 0.3 is 0 Å². The van der Waals surface area contributed by atoms with Gasteiger partial charge in [-0.1, -0.05) is 17.7 Å². The van der Waals surface area contributed by atoms with E-state index in [9.17, 15) is 0 Å². The van der Waals surface area contributed by atoms with Crippen LogP contribution in [0.25, 0.3) is 5.69 Å². The van der Waals surface area contributed by atoms with E-state index in [0.717, 1.165) is 28.5 Å². The number of benzene rings is 1. The number of aromatic nitrogens is 2. The molecule has 2 N–H and O–H groups in total. The Hall–Kier alpha value is -1.32. The molecule has 2 aromatic rings. The molecule has 3 nitrogen and oxygen atoms in total. The van der Waals surface area contributed by atoms with Gasteiger partial charge < -0.3 is 10.3 Å². The maximum Gasteiger partial charge on any atom is 0.0997 e. The summed E-state index contributed by atoms with van der Waals surface area (Å²) < 4.78 is 2.06. The fourth-order valence-electron chi connectivity index (χ4n) is 1.87. The molecule has 0 aliphatic carbocycles. The molecule has 0 aliphatic heterocycles. The molecule has 1 heterocycles. The molecule has 1 aromatic heterocycles. The predicted octanol–water partition coefficient (Wildman–Crippen LogP) is 2.64. The van der Waals surface area contributed by atoms with Gasteiger partial charge in [0.15, 0.2) is 0 Å². The Bertz CT molecular complexity index is 531. The van der Waals surface area contributed by atoms with Crippen molar-refractivity contribution in [2.45, 2.75) is 20.3 Å². The van der Waals surface area contributed by atoms with Crippen molar-refractivity contribution in [3.05, 3.63) is 46.5 Å². The summed E-state index contributed by atoms with van der Waals surface area (Å²) in [6.45, 7) is 4.68. The smallest absolute Gasteiger partial charge is 0.0997 e. The average Bonchev–Trinajstić information content (AvgIpc) is 2.63. The highest BCUT2D eigenvalue weighted by Crippen LogP contribution is 2.22. The first kappa shape index (κ1) is 12.1. The first-order valence-electron chi connectivity index (χ1n) is 5.63. The molecule has 1 aromatic carbocycles. The Morgan fingerprint density at radius 3 is 2.71 bits per heavy atom. The topological polar surface area (TPSA) is 43.8 Å². The van der Waals surface area contributed by atoms with Gasteiger partial charge in [0.25, 0.3) is 0 Å². The van der Waals surface area contributed by atoms with Crippen LogP contribution < -0.4 is 5.73 Å². The highest BCUT2D eigenvalue weighted by Gasteiger charge is 2.09. The minimum atomic E-state index is 0.626. The third kappa shape index (κ3) is 2.35. The van der Waals surface area contributed by atoms with Crippen LogP contribution in [0.15, 0.2) is 24.5 Å².